The molecule has 1 saturated heterocycles. The van der Waals surface area contributed by atoms with Gasteiger partial charge < -0.3 is 15.5 Å². The summed E-state index contributed by atoms with van der Waals surface area (Å²) >= 11 is 0. The number of hydrogen-bond acceptors (Lipinski definition) is 3. The molecule has 0 bridgehead atoms. The largest absolute Gasteiger partial charge is 0.406 e. The first-order chi connectivity index (χ1) is 14.2. The number of benzene rings is 1. The summed E-state index contributed by atoms with van der Waals surface area (Å²) in [6.07, 6.45) is -2.72. The van der Waals surface area contributed by atoms with E-state index in [1.807, 2.05) is 6.92 Å². The Balaban J connectivity index is 1.81. The number of halogens is 4. The highest BCUT2D eigenvalue weighted by atomic mass is 19.4. The molecule has 1 amide bonds. The molecule has 1 aliphatic heterocycles. The number of alkyl halides is 3. The van der Waals surface area contributed by atoms with Crippen molar-refractivity contribution >= 4 is 11.9 Å². The Morgan fingerprint density at radius 1 is 1.23 bits per heavy atom. The predicted molar refractivity (Wildman–Crippen MR) is 108 cm³/mol. The highest BCUT2D eigenvalue weighted by Gasteiger charge is 2.31. The van der Waals surface area contributed by atoms with Gasteiger partial charge in [-0.15, -0.1) is 0 Å². The number of nitrogens with one attached hydrogen (secondary N) is 2. The highest BCUT2D eigenvalue weighted by Crippen LogP contribution is 2.16. The molecule has 10 heteroatoms. The zero-order chi connectivity index (χ0) is 22.1. The van der Waals surface area contributed by atoms with Gasteiger partial charge in [0.05, 0.1) is 0 Å². The number of rotatable bonds is 7. The van der Waals surface area contributed by atoms with Crippen LogP contribution in [0.25, 0.3) is 0 Å². The van der Waals surface area contributed by atoms with E-state index in [9.17, 15) is 22.4 Å². The van der Waals surface area contributed by atoms with Crippen molar-refractivity contribution in [2.24, 2.45) is 4.99 Å². The molecule has 168 valence electrons. The fraction of sp³-hybridized carbons (Fsp3) is 0.600. The molecule has 1 aliphatic rings. The molecule has 0 saturated carbocycles. The van der Waals surface area contributed by atoms with E-state index < -0.39 is 18.6 Å². The lowest BCUT2D eigenvalue weighted by Gasteiger charge is -2.33. The third-order valence-corrected chi connectivity index (χ3v) is 4.81. The first kappa shape index (κ1) is 23.9. The quantitative estimate of drug-likeness (QED) is 0.395. The third-order valence-electron chi connectivity index (χ3n) is 4.81. The van der Waals surface area contributed by atoms with Crippen LogP contribution in [0.15, 0.2) is 29.3 Å². The first-order valence-corrected chi connectivity index (χ1v) is 9.98. The third kappa shape index (κ3) is 8.56. The van der Waals surface area contributed by atoms with Gasteiger partial charge in [-0.25, -0.2) is 9.38 Å². The van der Waals surface area contributed by atoms with Crippen LogP contribution in [0.1, 0.15) is 25.3 Å². The van der Waals surface area contributed by atoms with Crippen LogP contribution in [0.5, 0.6) is 0 Å². The van der Waals surface area contributed by atoms with Crippen LogP contribution in [0.4, 0.5) is 17.6 Å². The van der Waals surface area contributed by atoms with Crippen LogP contribution in [0.3, 0.4) is 0 Å². The van der Waals surface area contributed by atoms with E-state index in [0.29, 0.717) is 17.4 Å². The number of hydrogen-bond donors (Lipinski definition) is 2. The molecule has 2 rings (SSSR count). The van der Waals surface area contributed by atoms with Gasteiger partial charge in [0.15, 0.2) is 5.96 Å². The van der Waals surface area contributed by atoms with E-state index >= 15 is 0 Å². The maximum Gasteiger partial charge on any atom is 0.406 e. The number of aliphatic imine (C=N–C) groups is 1. The van der Waals surface area contributed by atoms with Crippen molar-refractivity contribution < 1.29 is 22.4 Å². The number of likely N-dealkylation sites (tertiary alicyclic amines) is 1. The highest BCUT2D eigenvalue weighted by molar-refractivity contribution is 5.85. The van der Waals surface area contributed by atoms with E-state index in [1.54, 1.807) is 12.1 Å². The summed E-state index contributed by atoms with van der Waals surface area (Å²) < 4.78 is 50.2. The Morgan fingerprint density at radius 3 is 2.43 bits per heavy atom. The number of piperidine rings is 1. The van der Waals surface area contributed by atoms with Gasteiger partial charge in [0, 0.05) is 39.3 Å². The molecule has 0 atom stereocenters. The maximum atomic E-state index is 13.0. The molecule has 1 aromatic carbocycles. The number of carbonyl (C=O) groups excluding carboxylic acids is 1. The number of amides is 1. The van der Waals surface area contributed by atoms with Gasteiger partial charge in [-0.1, -0.05) is 12.1 Å². The van der Waals surface area contributed by atoms with Crippen molar-refractivity contribution in [1.29, 1.82) is 0 Å². The van der Waals surface area contributed by atoms with Crippen LogP contribution in [0.2, 0.25) is 0 Å². The number of likely N-dealkylation sites (N-methyl/N-ethyl adjacent to an activating group) is 1. The molecule has 0 aliphatic carbocycles. The maximum absolute atomic E-state index is 13.0. The Labute approximate surface area is 174 Å². The van der Waals surface area contributed by atoms with Gasteiger partial charge in [-0.3, -0.25) is 9.69 Å². The molecule has 0 radical (unpaired) electrons. The normalized spacial score (nSPS) is 16.4. The molecular weight excluding hydrogens is 402 g/mol. The van der Waals surface area contributed by atoms with Gasteiger partial charge >= 0.3 is 6.18 Å². The van der Waals surface area contributed by atoms with Crippen LogP contribution >= 0.6 is 0 Å². The summed E-state index contributed by atoms with van der Waals surface area (Å²) in [7, 11) is 1.11. The monoisotopic (exact) mass is 431 g/mol. The Hall–Kier alpha value is -2.36. The molecule has 0 unspecified atom stereocenters. The van der Waals surface area contributed by atoms with E-state index in [2.05, 4.69) is 20.5 Å². The average Bonchev–Trinajstić information content (AvgIpc) is 2.68. The van der Waals surface area contributed by atoms with E-state index in [-0.39, 0.29) is 18.4 Å². The molecule has 1 fully saturated rings. The smallest absolute Gasteiger partial charge is 0.357 e. The van der Waals surface area contributed by atoms with E-state index in [1.165, 1.54) is 12.1 Å². The summed E-state index contributed by atoms with van der Waals surface area (Å²) in [6.45, 7) is 3.25. The number of carbonyl (C=O) groups is 1. The lowest BCUT2D eigenvalue weighted by molar-refractivity contribution is -0.157. The summed E-state index contributed by atoms with van der Waals surface area (Å²) in [5.74, 6) is -0.526. The van der Waals surface area contributed by atoms with Gasteiger partial charge in [-0.05, 0) is 37.5 Å². The van der Waals surface area contributed by atoms with Crippen LogP contribution < -0.4 is 10.6 Å². The molecule has 2 N–H and O–H groups in total. The summed E-state index contributed by atoms with van der Waals surface area (Å²) in [4.78, 5) is 18.9. The molecule has 0 aromatic heterocycles. The minimum absolute atomic E-state index is 0.148. The molecule has 30 heavy (non-hydrogen) atoms. The predicted octanol–water partition coefficient (Wildman–Crippen LogP) is 2.37. The average molecular weight is 431 g/mol. The Bertz CT molecular complexity index is 700. The summed E-state index contributed by atoms with van der Waals surface area (Å²) in [5, 5.41) is 6.29. The van der Waals surface area contributed by atoms with Crippen molar-refractivity contribution in [3.63, 3.8) is 0 Å². The fourth-order valence-electron chi connectivity index (χ4n) is 3.22. The summed E-state index contributed by atoms with van der Waals surface area (Å²) in [5.41, 5.74) is 1.05. The number of nitrogens with zero attached hydrogens (tertiary/aromatic N) is 3. The second-order valence-electron chi connectivity index (χ2n) is 7.38. The lowest BCUT2D eigenvalue weighted by Crippen LogP contribution is -2.49. The molecule has 0 spiro atoms. The van der Waals surface area contributed by atoms with Crippen molar-refractivity contribution in [3.05, 3.63) is 35.6 Å². The zero-order valence-electron chi connectivity index (χ0n) is 17.3. The SMILES string of the molecule is CCNC(=NCC(=O)N(C)CC(F)(F)F)NC1CCN(Cc2ccc(F)cc2)CC1. The molecule has 1 aromatic rings. The van der Waals surface area contributed by atoms with Crippen molar-refractivity contribution in [1.82, 2.24) is 20.4 Å². The van der Waals surface area contributed by atoms with Crippen molar-refractivity contribution in [3.8, 4) is 0 Å². The van der Waals surface area contributed by atoms with Crippen molar-refractivity contribution in [2.45, 2.75) is 38.5 Å². The van der Waals surface area contributed by atoms with Crippen LogP contribution in [0, 0.1) is 5.82 Å². The van der Waals surface area contributed by atoms with Crippen LogP contribution in [-0.4, -0.2) is 73.7 Å². The van der Waals surface area contributed by atoms with Gasteiger partial charge in [-0.2, -0.15) is 13.2 Å². The minimum Gasteiger partial charge on any atom is -0.357 e. The summed E-state index contributed by atoms with van der Waals surface area (Å²) in [6, 6.07) is 6.62. The first-order valence-electron chi connectivity index (χ1n) is 9.98. The standard InChI is InChI=1S/C20H29F4N5O/c1-3-25-19(26-12-18(30)28(2)14-20(22,23)24)27-17-8-10-29(11-9-17)13-15-4-6-16(21)7-5-15/h4-7,17H,3,8-14H2,1-2H3,(H2,25,26,27). The molecular formula is C20H29F4N5O. The van der Waals surface area contributed by atoms with Crippen molar-refractivity contribution in [2.75, 3.05) is 39.8 Å². The molecule has 6 nitrogen and oxygen atoms in total. The van der Waals surface area contributed by atoms with Crippen LogP contribution in [-0.2, 0) is 11.3 Å². The zero-order valence-corrected chi connectivity index (χ0v) is 17.3. The molecule has 1 heterocycles. The minimum atomic E-state index is -4.43. The van der Waals surface area contributed by atoms with Gasteiger partial charge in [0.1, 0.15) is 18.9 Å². The van der Waals surface area contributed by atoms with E-state index in [4.69, 9.17) is 0 Å². The second kappa shape index (κ2) is 11.1. The van der Waals surface area contributed by atoms with Gasteiger partial charge in [0.2, 0.25) is 5.91 Å². The number of guanidine groups is 1. The Kier molecular flexibility index (Phi) is 8.88. The van der Waals surface area contributed by atoms with E-state index in [0.717, 1.165) is 45.1 Å². The lowest BCUT2D eigenvalue weighted by atomic mass is 10.0. The fourth-order valence-corrected chi connectivity index (χ4v) is 3.22. The topological polar surface area (TPSA) is 60.0 Å². The Morgan fingerprint density at radius 2 is 1.87 bits per heavy atom. The second-order valence-corrected chi connectivity index (χ2v) is 7.38. The van der Waals surface area contributed by atoms with Gasteiger partial charge in [0.25, 0.3) is 0 Å².